The van der Waals surface area contributed by atoms with Crippen molar-refractivity contribution < 1.29 is 38.1 Å². The fourth-order valence-corrected chi connectivity index (χ4v) is 4.28. The van der Waals surface area contributed by atoms with Gasteiger partial charge in [-0.1, -0.05) is 20.8 Å². The van der Waals surface area contributed by atoms with E-state index in [0.717, 1.165) is 57.8 Å². The van der Waals surface area contributed by atoms with Gasteiger partial charge in [0, 0.05) is 0 Å². The summed E-state index contributed by atoms with van der Waals surface area (Å²) in [5, 5.41) is 0. The monoisotopic (exact) mass is 526 g/mol. The van der Waals surface area contributed by atoms with Crippen molar-refractivity contribution in [1.29, 1.82) is 0 Å². The Hall–Kier alpha value is -2.12. The summed E-state index contributed by atoms with van der Waals surface area (Å²) >= 11 is 0. The molecule has 0 radical (unpaired) electrons. The van der Waals surface area contributed by atoms with Crippen molar-refractivity contribution in [3.63, 3.8) is 0 Å². The summed E-state index contributed by atoms with van der Waals surface area (Å²) in [7, 11) is 0. The van der Waals surface area contributed by atoms with Crippen LogP contribution in [0, 0.1) is 10.8 Å². The first-order chi connectivity index (χ1) is 17.1. The van der Waals surface area contributed by atoms with E-state index in [2.05, 4.69) is 0 Å². The first-order valence-corrected chi connectivity index (χ1v) is 13.9. The molecule has 0 bridgehead atoms. The van der Waals surface area contributed by atoms with E-state index in [1.807, 2.05) is 41.5 Å². The maximum atomic E-state index is 11.8. The Balaban J connectivity index is 0.000000371. The maximum absolute atomic E-state index is 11.8. The molecular formula is C29H50O8. The highest BCUT2D eigenvalue weighted by Gasteiger charge is 2.37. The van der Waals surface area contributed by atoms with Gasteiger partial charge in [-0.15, -0.1) is 0 Å². The van der Waals surface area contributed by atoms with Gasteiger partial charge < -0.3 is 18.9 Å². The molecule has 0 aromatic heterocycles. The van der Waals surface area contributed by atoms with Gasteiger partial charge in [-0.05, 0) is 105 Å². The molecule has 8 nitrogen and oxygen atoms in total. The molecule has 0 aliphatic heterocycles. The molecule has 0 amide bonds. The molecule has 0 N–H and O–H groups in total. The minimum absolute atomic E-state index is 0.274. The molecule has 2 saturated carbocycles. The van der Waals surface area contributed by atoms with E-state index < -0.39 is 22.8 Å². The molecule has 2 fully saturated rings. The van der Waals surface area contributed by atoms with Crippen LogP contribution in [-0.2, 0) is 38.1 Å². The van der Waals surface area contributed by atoms with Gasteiger partial charge in [0.15, 0.2) is 13.2 Å². The van der Waals surface area contributed by atoms with E-state index in [1.54, 1.807) is 13.8 Å². The first kappa shape index (κ1) is 32.9. The van der Waals surface area contributed by atoms with Crippen molar-refractivity contribution in [3.8, 4) is 0 Å². The molecule has 8 heteroatoms. The van der Waals surface area contributed by atoms with Crippen LogP contribution in [0.4, 0.5) is 0 Å². The number of carbonyl (C=O) groups excluding carboxylic acids is 4. The Morgan fingerprint density at radius 3 is 1.41 bits per heavy atom. The van der Waals surface area contributed by atoms with Gasteiger partial charge in [-0.3, -0.25) is 9.59 Å². The van der Waals surface area contributed by atoms with Crippen molar-refractivity contribution in [2.24, 2.45) is 10.8 Å². The van der Waals surface area contributed by atoms with E-state index in [1.165, 1.54) is 0 Å². The van der Waals surface area contributed by atoms with Crippen LogP contribution >= 0.6 is 0 Å². The summed E-state index contributed by atoms with van der Waals surface area (Å²) in [4.78, 5) is 46.9. The van der Waals surface area contributed by atoms with Crippen LogP contribution in [0.2, 0.25) is 0 Å². The lowest BCUT2D eigenvalue weighted by atomic mass is 9.91. The third kappa shape index (κ3) is 10.6. The summed E-state index contributed by atoms with van der Waals surface area (Å²) in [6, 6.07) is 0. The third-order valence-electron chi connectivity index (χ3n) is 8.03. The normalized spacial score (nSPS) is 18.3. The third-order valence-corrected chi connectivity index (χ3v) is 8.03. The van der Waals surface area contributed by atoms with E-state index in [-0.39, 0.29) is 36.4 Å². The summed E-state index contributed by atoms with van der Waals surface area (Å²) in [5.74, 6) is -1.56. The van der Waals surface area contributed by atoms with Gasteiger partial charge >= 0.3 is 23.9 Å². The van der Waals surface area contributed by atoms with Crippen LogP contribution in [0.25, 0.3) is 0 Å². The lowest BCUT2D eigenvalue weighted by Gasteiger charge is -2.28. The first-order valence-electron chi connectivity index (χ1n) is 13.9. The zero-order valence-electron chi connectivity index (χ0n) is 24.5. The van der Waals surface area contributed by atoms with Crippen molar-refractivity contribution in [2.75, 3.05) is 13.2 Å². The van der Waals surface area contributed by atoms with Crippen molar-refractivity contribution in [1.82, 2.24) is 0 Å². The summed E-state index contributed by atoms with van der Waals surface area (Å²) in [6.07, 6.45) is 10.2. The lowest BCUT2D eigenvalue weighted by Crippen LogP contribution is -2.34. The average molecular weight is 527 g/mol. The second kappa shape index (κ2) is 14.1. The molecule has 0 spiro atoms. The van der Waals surface area contributed by atoms with Crippen LogP contribution < -0.4 is 0 Å². The Morgan fingerprint density at radius 2 is 1.03 bits per heavy atom. The predicted octanol–water partition coefficient (Wildman–Crippen LogP) is 6.07. The molecular weight excluding hydrogens is 476 g/mol. The predicted molar refractivity (Wildman–Crippen MR) is 141 cm³/mol. The molecule has 37 heavy (non-hydrogen) atoms. The molecule has 214 valence electrons. The van der Waals surface area contributed by atoms with E-state index in [4.69, 9.17) is 18.9 Å². The lowest BCUT2D eigenvalue weighted by molar-refractivity contribution is -0.173. The van der Waals surface area contributed by atoms with Gasteiger partial charge in [-0.2, -0.15) is 0 Å². The Labute approximate surface area is 223 Å². The number of carbonyl (C=O) groups is 4. The average Bonchev–Trinajstić information content (AvgIpc) is 3.50. The fourth-order valence-electron chi connectivity index (χ4n) is 4.28. The van der Waals surface area contributed by atoms with Crippen LogP contribution in [0.3, 0.4) is 0 Å². The van der Waals surface area contributed by atoms with Crippen LogP contribution in [-0.4, -0.2) is 48.3 Å². The minimum atomic E-state index is -0.546. The van der Waals surface area contributed by atoms with E-state index in [0.29, 0.717) is 12.8 Å². The number of hydrogen-bond donors (Lipinski definition) is 0. The molecule has 2 aliphatic carbocycles. The van der Waals surface area contributed by atoms with Crippen LogP contribution in [0.5, 0.6) is 0 Å². The Kier molecular flexibility index (Phi) is 12.6. The molecule has 0 atom stereocenters. The molecule has 0 heterocycles. The topological polar surface area (TPSA) is 105 Å². The zero-order valence-corrected chi connectivity index (χ0v) is 24.5. The van der Waals surface area contributed by atoms with Gasteiger partial charge in [0.2, 0.25) is 0 Å². The van der Waals surface area contributed by atoms with Crippen molar-refractivity contribution in [2.45, 2.75) is 137 Å². The molecule has 0 aromatic rings. The van der Waals surface area contributed by atoms with Gasteiger partial charge in [0.25, 0.3) is 0 Å². The highest BCUT2D eigenvalue weighted by Crippen LogP contribution is 2.36. The van der Waals surface area contributed by atoms with Crippen LogP contribution in [0.1, 0.15) is 126 Å². The summed E-state index contributed by atoms with van der Waals surface area (Å²) < 4.78 is 21.0. The van der Waals surface area contributed by atoms with Gasteiger partial charge in [0.1, 0.15) is 11.2 Å². The second-order valence-electron chi connectivity index (χ2n) is 12.0. The highest BCUT2D eigenvalue weighted by molar-refractivity contribution is 5.80. The molecule has 2 rings (SSSR count). The maximum Gasteiger partial charge on any atom is 0.344 e. The number of rotatable bonds is 11. The molecule has 0 unspecified atom stereocenters. The Bertz CT molecular complexity index is 771. The molecule has 0 aromatic carbocycles. The van der Waals surface area contributed by atoms with E-state index >= 15 is 0 Å². The van der Waals surface area contributed by atoms with Crippen molar-refractivity contribution in [3.05, 3.63) is 0 Å². The second-order valence-corrected chi connectivity index (χ2v) is 12.0. The molecule has 2 aliphatic rings. The highest BCUT2D eigenvalue weighted by atomic mass is 16.6. The fraction of sp³-hybridized carbons (Fsp3) is 0.862. The number of ether oxygens (including phenoxy) is 4. The standard InChI is InChI=1S/C15H26O4.C14H24O4/c1-5-14(3,4)13(17)18-11-12(16)19-15(6-2)9-7-8-10-15;1-5-13(2,3)12(16)17-10-11(15)18-14(4)8-6-7-9-14/h5-11H2,1-4H3;5-10H2,1-4H3. The Morgan fingerprint density at radius 1 is 0.649 bits per heavy atom. The largest absolute Gasteiger partial charge is 0.457 e. The smallest absolute Gasteiger partial charge is 0.344 e. The number of esters is 4. The SMILES string of the molecule is CCC(C)(C)C(=O)OCC(=O)OC1(C)CCCC1.CCC1(OC(=O)COC(=O)C(C)(C)CC)CCCC1. The van der Waals surface area contributed by atoms with Gasteiger partial charge in [0.05, 0.1) is 10.8 Å². The zero-order chi connectivity index (χ0) is 28.3. The van der Waals surface area contributed by atoms with E-state index in [9.17, 15) is 19.2 Å². The summed E-state index contributed by atoms with van der Waals surface area (Å²) in [6.45, 7) is 14.5. The van der Waals surface area contributed by atoms with Crippen LogP contribution in [0.15, 0.2) is 0 Å². The quantitative estimate of drug-likeness (QED) is 0.236. The van der Waals surface area contributed by atoms with Gasteiger partial charge in [-0.25, -0.2) is 9.59 Å². The summed E-state index contributed by atoms with van der Waals surface area (Å²) in [5.41, 5.74) is -1.76. The number of hydrogen-bond acceptors (Lipinski definition) is 8. The van der Waals surface area contributed by atoms with Crippen molar-refractivity contribution >= 4 is 23.9 Å². The molecule has 0 saturated heterocycles. The minimum Gasteiger partial charge on any atom is -0.457 e.